The van der Waals surface area contributed by atoms with Gasteiger partial charge in [0.15, 0.2) is 0 Å². The van der Waals surface area contributed by atoms with Crippen LogP contribution in [0.2, 0.25) is 0 Å². The number of hydrogen-bond donors (Lipinski definition) is 0. The van der Waals surface area contributed by atoms with Crippen LogP contribution in [0.5, 0.6) is 5.75 Å². The molecule has 0 unspecified atom stereocenters. The Morgan fingerprint density at radius 3 is 2.50 bits per heavy atom. The molecule has 0 aliphatic heterocycles. The molecule has 0 fully saturated rings. The van der Waals surface area contributed by atoms with Gasteiger partial charge >= 0.3 is 0 Å². The van der Waals surface area contributed by atoms with E-state index in [0.717, 1.165) is 11.1 Å². The van der Waals surface area contributed by atoms with Crippen LogP contribution in [-0.4, -0.2) is 26.4 Å². The number of aldehydes is 1. The normalized spacial score (nSPS) is 9.75. The largest absolute Gasteiger partial charge is 0.495 e. The minimum Gasteiger partial charge on any atom is -0.495 e. The first kappa shape index (κ1) is 12.2. The number of ether oxygens (including phenoxy) is 1. The summed E-state index contributed by atoms with van der Waals surface area (Å²) in [5, 5.41) is 0. The quantitative estimate of drug-likeness (QED) is 0.573. The zero-order chi connectivity index (χ0) is 12.3. The molecule has 0 aliphatic rings. The second-order valence-electron chi connectivity index (χ2n) is 3.65. The molecule has 0 saturated carbocycles. The van der Waals surface area contributed by atoms with Gasteiger partial charge in [0.05, 0.1) is 12.8 Å². The highest BCUT2D eigenvalue weighted by atomic mass is 16.5. The molecule has 86 valence electrons. The van der Waals surface area contributed by atoms with Crippen LogP contribution in [0.25, 0.3) is 0 Å². The van der Waals surface area contributed by atoms with Crippen LogP contribution >= 0.6 is 0 Å². The summed E-state index contributed by atoms with van der Waals surface area (Å²) in [7, 11) is 3.09. The predicted octanol–water partition coefficient (Wildman–Crippen LogP) is 1.47. The van der Waals surface area contributed by atoms with Crippen molar-refractivity contribution >= 4 is 17.9 Å². The molecule has 0 atom stereocenters. The minimum absolute atomic E-state index is 0.290. The van der Waals surface area contributed by atoms with Gasteiger partial charge in [0, 0.05) is 7.05 Å². The maximum atomic E-state index is 11.3. The van der Waals surface area contributed by atoms with Gasteiger partial charge in [0.1, 0.15) is 5.75 Å². The lowest BCUT2D eigenvalue weighted by Gasteiger charge is -2.20. The van der Waals surface area contributed by atoms with Gasteiger partial charge in [-0.3, -0.25) is 9.59 Å². The molecule has 1 aromatic carbocycles. The number of likely N-dealkylation sites (N-methyl/N-ethyl adjacent to an activating group) is 1. The second-order valence-corrected chi connectivity index (χ2v) is 3.65. The van der Waals surface area contributed by atoms with Crippen molar-refractivity contribution in [2.75, 3.05) is 19.1 Å². The van der Waals surface area contributed by atoms with Crippen LogP contribution < -0.4 is 9.64 Å². The van der Waals surface area contributed by atoms with Gasteiger partial charge in [-0.15, -0.1) is 0 Å². The Hall–Kier alpha value is -1.84. The zero-order valence-electron chi connectivity index (χ0n) is 9.90. The SMILES string of the molecule is COc1cc(C)cc(C)c1N(C)C(=O)C=O. The van der Waals surface area contributed by atoms with E-state index in [2.05, 4.69) is 0 Å². The van der Waals surface area contributed by atoms with E-state index in [1.807, 2.05) is 26.0 Å². The smallest absolute Gasteiger partial charge is 0.290 e. The zero-order valence-corrected chi connectivity index (χ0v) is 9.90. The van der Waals surface area contributed by atoms with Gasteiger partial charge in [0.25, 0.3) is 5.91 Å². The van der Waals surface area contributed by atoms with E-state index < -0.39 is 5.91 Å². The number of benzene rings is 1. The Labute approximate surface area is 94.8 Å². The topological polar surface area (TPSA) is 46.6 Å². The molecule has 0 spiro atoms. The lowest BCUT2D eigenvalue weighted by atomic mass is 10.1. The molecule has 1 amide bonds. The third-order valence-electron chi connectivity index (χ3n) is 2.40. The molecule has 0 saturated heterocycles. The molecule has 1 aromatic rings. The number of methoxy groups -OCH3 is 1. The fourth-order valence-electron chi connectivity index (χ4n) is 1.70. The Morgan fingerprint density at radius 2 is 2.00 bits per heavy atom. The Morgan fingerprint density at radius 1 is 1.38 bits per heavy atom. The molecule has 0 N–H and O–H groups in total. The van der Waals surface area contributed by atoms with E-state index in [-0.39, 0.29) is 0 Å². The van der Waals surface area contributed by atoms with Crippen molar-refractivity contribution in [2.24, 2.45) is 0 Å². The number of rotatable bonds is 3. The van der Waals surface area contributed by atoms with Crippen LogP contribution in [-0.2, 0) is 9.59 Å². The van der Waals surface area contributed by atoms with Gasteiger partial charge in [0.2, 0.25) is 6.29 Å². The summed E-state index contributed by atoms with van der Waals surface area (Å²) in [5.41, 5.74) is 2.57. The molecule has 0 aliphatic carbocycles. The predicted molar refractivity (Wildman–Crippen MR) is 61.9 cm³/mol. The van der Waals surface area contributed by atoms with E-state index in [9.17, 15) is 9.59 Å². The van der Waals surface area contributed by atoms with Crippen LogP contribution in [0.4, 0.5) is 5.69 Å². The molecule has 0 heterocycles. The van der Waals surface area contributed by atoms with Gasteiger partial charge in [-0.05, 0) is 31.0 Å². The standard InChI is InChI=1S/C12H15NO3/c1-8-5-9(2)12(10(6-8)16-4)13(3)11(15)7-14/h5-7H,1-4H3. The molecule has 16 heavy (non-hydrogen) atoms. The van der Waals surface area contributed by atoms with E-state index in [1.54, 1.807) is 7.05 Å². The average molecular weight is 221 g/mol. The molecule has 0 radical (unpaired) electrons. The Bertz CT molecular complexity index is 427. The molecule has 4 heteroatoms. The van der Waals surface area contributed by atoms with Crippen LogP contribution in [0.15, 0.2) is 12.1 Å². The summed E-state index contributed by atoms with van der Waals surface area (Å²) in [6, 6.07) is 3.77. The van der Waals surface area contributed by atoms with Crippen LogP contribution in [0.1, 0.15) is 11.1 Å². The first-order valence-corrected chi connectivity index (χ1v) is 4.89. The lowest BCUT2D eigenvalue weighted by molar-refractivity contribution is -0.129. The fraction of sp³-hybridized carbons (Fsp3) is 0.333. The van der Waals surface area contributed by atoms with Crippen molar-refractivity contribution in [3.05, 3.63) is 23.3 Å². The molecular weight excluding hydrogens is 206 g/mol. The van der Waals surface area contributed by atoms with Crippen molar-refractivity contribution in [2.45, 2.75) is 13.8 Å². The van der Waals surface area contributed by atoms with Crippen molar-refractivity contribution in [1.29, 1.82) is 0 Å². The third kappa shape index (κ3) is 2.21. The molecular formula is C12H15NO3. The number of hydrogen-bond acceptors (Lipinski definition) is 3. The highest BCUT2D eigenvalue weighted by Crippen LogP contribution is 2.32. The Kier molecular flexibility index (Phi) is 3.66. The maximum absolute atomic E-state index is 11.3. The summed E-state index contributed by atoms with van der Waals surface area (Å²) in [6.07, 6.45) is 0.290. The first-order chi connectivity index (χ1) is 7.51. The Balaban J connectivity index is 3.31. The van der Waals surface area contributed by atoms with Crippen molar-refractivity contribution in [3.8, 4) is 5.75 Å². The van der Waals surface area contributed by atoms with Gasteiger partial charge in [-0.25, -0.2) is 0 Å². The highest BCUT2D eigenvalue weighted by Gasteiger charge is 2.17. The second kappa shape index (κ2) is 4.79. The number of amides is 1. The lowest BCUT2D eigenvalue weighted by Crippen LogP contribution is -2.28. The van der Waals surface area contributed by atoms with Gasteiger partial charge in [-0.1, -0.05) is 6.07 Å². The van der Waals surface area contributed by atoms with E-state index >= 15 is 0 Å². The number of carbonyl (C=O) groups excluding carboxylic acids is 2. The van der Waals surface area contributed by atoms with E-state index in [1.165, 1.54) is 12.0 Å². The first-order valence-electron chi connectivity index (χ1n) is 4.89. The number of aryl methyl sites for hydroxylation is 2. The van der Waals surface area contributed by atoms with Crippen molar-refractivity contribution < 1.29 is 14.3 Å². The summed E-state index contributed by atoms with van der Waals surface area (Å²) in [6.45, 7) is 3.82. The summed E-state index contributed by atoms with van der Waals surface area (Å²) < 4.78 is 5.21. The van der Waals surface area contributed by atoms with Crippen LogP contribution in [0, 0.1) is 13.8 Å². The number of anilines is 1. The number of nitrogens with zero attached hydrogens (tertiary/aromatic N) is 1. The summed E-state index contributed by atoms with van der Waals surface area (Å²) >= 11 is 0. The average Bonchev–Trinajstić information content (AvgIpc) is 2.26. The van der Waals surface area contributed by atoms with Gasteiger partial charge in [-0.2, -0.15) is 0 Å². The number of carbonyl (C=O) groups is 2. The van der Waals surface area contributed by atoms with E-state index in [4.69, 9.17) is 4.74 Å². The molecule has 4 nitrogen and oxygen atoms in total. The van der Waals surface area contributed by atoms with Gasteiger partial charge < -0.3 is 9.64 Å². The monoisotopic (exact) mass is 221 g/mol. The third-order valence-corrected chi connectivity index (χ3v) is 2.40. The molecule has 0 aromatic heterocycles. The molecule has 0 bridgehead atoms. The van der Waals surface area contributed by atoms with E-state index in [0.29, 0.717) is 17.7 Å². The maximum Gasteiger partial charge on any atom is 0.290 e. The minimum atomic E-state index is -0.592. The molecule has 1 rings (SSSR count). The van der Waals surface area contributed by atoms with Crippen molar-refractivity contribution in [3.63, 3.8) is 0 Å². The fourth-order valence-corrected chi connectivity index (χ4v) is 1.70. The summed E-state index contributed by atoms with van der Waals surface area (Å²) in [4.78, 5) is 23.1. The highest BCUT2D eigenvalue weighted by molar-refractivity contribution is 6.30. The van der Waals surface area contributed by atoms with Crippen LogP contribution in [0.3, 0.4) is 0 Å². The summed E-state index contributed by atoms with van der Waals surface area (Å²) in [5.74, 6) is 0.000420. The van der Waals surface area contributed by atoms with Crippen molar-refractivity contribution in [1.82, 2.24) is 0 Å².